The zero-order valence-electron chi connectivity index (χ0n) is 12.4. The predicted octanol–water partition coefficient (Wildman–Crippen LogP) is 3.74. The molecule has 0 saturated heterocycles. The fraction of sp³-hybridized carbons (Fsp3) is 0.600. The number of hydrogen-bond acceptors (Lipinski definition) is 3. The Morgan fingerprint density at radius 1 is 1.00 bits per heavy atom. The lowest BCUT2D eigenvalue weighted by atomic mass is 10.2. The first-order chi connectivity index (χ1) is 9.20. The highest BCUT2D eigenvalue weighted by Gasteiger charge is 2.29. The van der Waals surface area contributed by atoms with Crippen LogP contribution in [0.4, 0.5) is 0 Å². The van der Waals surface area contributed by atoms with E-state index in [9.17, 15) is 0 Å². The summed E-state index contributed by atoms with van der Waals surface area (Å²) in [6.45, 7) is 9.09. The normalized spacial score (nSPS) is 11.7. The molecule has 19 heavy (non-hydrogen) atoms. The van der Waals surface area contributed by atoms with Gasteiger partial charge in [0.25, 0.3) is 0 Å². The minimum Gasteiger partial charge on any atom is -0.395 e. The van der Waals surface area contributed by atoms with E-state index in [2.05, 4.69) is 18.7 Å². The van der Waals surface area contributed by atoms with E-state index in [0.717, 1.165) is 32.3 Å². The molecular formula is C15H26O3Si. The van der Waals surface area contributed by atoms with Crippen LogP contribution in [-0.2, 0) is 20.2 Å². The molecule has 0 spiro atoms. The van der Waals surface area contributed by atoms with Crippen LogP contribution in [0.1, 0.15) is 25.8 Å². The van der Waals surface area contributed by atoms with Crippen molar-refractivity contribution >= 4 is 8.56 Å². The van der Waals surface area contributed by atoms with Crippen LogP contribution in [0.25, 0.3) is 0 Å². The van der Waals surface area contributed by atoms with E-state index in [4.69, 9.17) is 13.6 Å². The molecule has 108 valence electrons. The van der Waals surface area contributed by atoms with Gasteiger partial charge in [-0.3, -0.25) is 0 Å². The smallest absolute Gasteiger partial charge is 0.334 e. The van der Waals surface area contributed by atoms with Crippen LogP contribution in [0, 0.1) is 0 Å². The van der Waals surface area contributed by atoms with E-state index in [1.165, 1.54) is 5.56 Å². The molecule has 0 fully saturated rings. The summed E-state index contributed by atoms with van der Waals surface area (Å²) in [6, 6.07) is 11.2. The molecule has 3 nitrogen and oxygen atoms in total. The second kappa shape index (κ2) is 9.26. The van der Waals surface area contributed by atoms with Gasteiger partial charge >= 0.3 is 8.56 Å². The summed E-state index contributed by atoms with van der Waals surface area (Å²) in [6.07, 6.45) is 0.996. The van der Waals surface area contributed by atoms with E-state index >= 15 is 0 Å². The Labute approximate surface area is 118 Å². The maximum absolute atomic E-state index is 5.80. The van der Waals surface area contributed by atoms with Crippen LogP contribution >= 0.6 is 0 Å². The molecule has 0 aliphatic rings. The molecule has 0 aliphatic heterocycles. The minimum absolute atomic E-state index is 0.683. The molecular weight excluding hydrogens is 256 g/mol. The fourth-order valence-corrected chi connectivity index (χ4v) is 4.44. The lowest BCUT2D eigenvalue weighted by Gasteiger charge is -2.25. The minimum atomic E-state index is -1.96. The molecule has 0 amide bonds. The highest BCUT2D eigenvalue weighted by atomic mass is 28.4. The first-order valence-electron chi connectivity index (χ1n) is 7.09. The van der Waals surface area contributed by atoms with Crippen molar-refractivity contribution in [3.05, 3.63) is 35.9 Å². The van der Waals surface area contributed by atoms with Crippen molar-refractivity contribution < 1.29 is 13.6 Å². The van der Waals surface area contributed by atoms with E-state index < -0.39 is 8.56 Å². The summed E-state index contributed by atoms with van der Waals surface area (Å²) in [5, 5.41) is 0. The van der Waals surface area contributed by atoms with Crippen LogP contribution in [0.5, 0.6) is 0 Å². The summed E-state index contributed by atoms with van der Waals surface area (Å²) >= 11 is 0. The SMILES string of the molecule is CCO[Si](C)(CCCOCc1ccccc1)OCC. The molecule has 0 aromatic heterocycles. The Morgan fingerprint density at radius 2 is 1.63 bits per heavy atom. The van der Waals surface area contributed by atoms with Crippen molar-refractivity contribution in [1.29, 1.82) is 0 Å². The Balaban J connectivity index is 2.18. The van der Waals surface area contributed by atoms with Crippen molar-refractivity contribution in [2.45, 2.75) is 39.5 Å². The second-order valence-electron chi connectivity index (χ2n) is 4.64. The Morgan fingerprint density at radius 3 is 2.21 bits per heavy atom. The monoisotopic (exact) mass is 282 g/mol. The number of hydrogen-bond donors (Lipinski definition) is 0. The molecule has 0 heterocycles. The lowest BCUT2D eigenvalue weighted by molar-refractivity contribution is 0.117. The van der Waals surface area contributed by atoms with Gasteiger partial charge < -0.3 is 13.6 Å². The first kappa shape index (κ1) is 16.4. The van der Waals surface area contributed by atoms with Gasteiger partial charge in [0.05, 0.1) is 6.61 Å². The second-order valence-corrected chi connectivity index (χ2v) is 7.99. The third-order valence-electron chi connectivity index (χ3n) is 2.93. The Kier molecular flexibility index (Phi) is 7.98. The number of rotatable bonds is 10. The van der Waals surface area contributed by atoms with Gasteiger partial charge in [-0.05, 0) is 38.4 Å². The highest BCUT2D eigenvalue weighted by molar-refractivity contribution is 6.66. The van der Waals surface area contributed by atoms with E-state index in [1.54, 1.807) is 0 Å². The average molecular weight is 282 g/mol. The number of benzene rings is 1. The van der Waals surface area contributed by atoms with Crippen LogP contribution in [0.2, 0.25) is 12.6 Å². The van der Waals surface area contributed by atoms with Gasteiger partial charge in [0.15, 0.2) is 0 Å². The summed E-state index contributed by atoms with van der Waals surface area (Å²) < 4.78 is 17.3. The maximum Gasteiger partial charge on any atom is 0.334 e. The summed E-state index contributed by atoms with van der Waals surface area (Å²) in [5.41, 5.74) is 1.22. The molecule has 0 aliphatic carbocycles. The van der Waals surface area contributed by atoms with Crippen LogP contribution < -0.4 is 0 Å². The maximum atomic E-state index is 5.80. The summed E-state index contributed by atoms with van der Waals surface area (Å²) in [7, 11) is -1.96. The largest absolute Gasteiger partial charge is 0.395 e. The third kappa shape index (κ3) is 6.87. The van der Waals surface area contributed by atoms with Crippen molar-refractivity contribution in [1.82, 2.24) is 0 Å². The topological polar surface area (TPSA) is 27.7 Å². The molecule has 4 heteroatoms. The van der Waals surface area contributed by atoms with Crippen LogP contribution in [0.15, 0.2) is 30.3 Å². The van der Waals surface area contributed by atoms with Gasteiger partial charge in [0, 0.05) is 19.8 Å². The Bertz CT molecular complexity index is 323. The molecule has 0 N–H and O–H groups in total. The van der Waals surface area contributed by atoms with Crippen molar-refractivity contribution in [2.75, 3.05) is 19.8 Å². The average Bonchev–Trinajstić information content (AvgIpc) is 2.40. The van der Waals surface area contributed by atoms with Crippen molar-refractivity contribution in [3.63, 3.8) is 0 Å². The zero-order valence-corrected chi connectivity index (χ0v) is 13.4. The van der Waals surface area contributed by atoms with Gasteiger partial charge in [-0.1, -0.05) is 30.3 Å². The Hall–Kier alpha value is -0.683. The molecule has 1 aromatic carbocycles. The third-order valence-corrected chi connectivity index (χ3v) is 5.99. The van der Waals surface area contributed by atoms with Crippen LogP contribution in [-0.4, -0.2) is 28.4 Å². The van der Waals surface area contributed by atoms with Gasteiger partial charge in [0.1, 0.15) is 0 Å². The summed E-state index contributed by atoms with van der Waals surface area (Å²) in [4.78, 5) is 0. The van der Waals surface area contributed by atoms with E-state index in [1.807, 2.05) is 32.0 Å². The van der Waals surface area contributed by atoms with Gasteiger partial charge in [0.2, 0.25) is 0 Å². The first-order valence-corrected chi connectivity index (χ1v) is 9.62. The molecule has 0 saturated carbocycles. The van der Waals surface area contributed by atoms with Crippen molar-refractivity contribution in [2.24, 2.45) is 0 Å². The zero-order chi connectivity index (χ0) is 14.0. The molecule has 0 bridgehead atoms. The molecule has 1 rings (SSSR count). The molecule has 0 atom stereocenters. The van der Waals surface area contributed by atoms with Gasteiger partial charge in [-0.15, -0.1) is 0 Å². The fourth-order valence-electron chi connectivity index (χ4n) is 2.06. The van der Waals surface area contributed by atoms with Gasteiger partial charge in [-0.2, -0.15) is 0 Å². The predicted molar refractivity (Wildman–Crippen MR) is 80.4 cm³/mol. The van der Waals surface area contributed by atoms with E-state index in [0.29, 0.717) is 6.61 Å². The van der Waals surface area contributed by atoms with Gasteiger partial charge in [-0.25, -0.2) is 0 Å². The highest BCUT2D eigenvalue weighted by Crippen LogP contribution is 2.16. The standard InChI is InChI=1S/C15H26O3Si/c1-4-17-19(3,18-5-2)13-9-12-16-14-15-10-7-6-8-11-15/h6-8,10-11H,4-5,9,12-14H2,1-3H3. The number of ether oxygens (including phenoxy) is 1. The summed E-state index contributed by atoms with van der Waals surface area (Å²) in [5.74, 6) is 0. The van der Waals surface area contributed by atoms with Crippen molar-refractivity contribution in [3.8, 4) is 0 Å². The molecule has 0 radical (unpaired) electrons. The lowest BCUT2D eigenvalue weighted by Crippen LogP contribution is -2.38. The molecule has 1 aromatic rings. The van der Waals surface area contributed by atoms with Crippen LogP contribution in [0.3, 0.4) is 0 Å². The molecule has 0 unspecified atom stereocenters. The van der Waals surface area contributed by atoms with E-state index in [-0.39, 0.29) is 0 Å². The quantitative estimate of drug-likeness (QED) is 0.483.